The second-order valence-corrected chi connectivity index (χ2v) is 6.12. The monoisotopic (exact) mass is 274 g/mol. The molecule has 0 radical (unpaired) electrons. The number of carbonyl (C=O) groups excluding carboxylic acids is 1. The quantitative estimate of drug-likeness (QED) is 0.883. The normalized spacial score (nSPS) is 28.7. The van der Waals surface area contributed by atoms with Gasteiger partial charge in [0.1, 0.15) is 6.33 Å². The van der Waals surface area contributed by atoms with Crippen molar-refractivity contribution in [3.8, 4) is 0 Å². The summed E-state index contributed by atoms with van der Waals surface area (Å²) in [6.07, 6.45) is 5.14. The van der Waals surface area contributed by atoms with Crippen molar-refractivity contribution in [1.82, 2.24) is 14.9 Å². The molecule has 20 heavy (non-hydrogen) atoms. The lowest BCUT2D eigenvalue weighted by molar-refractivity contribution is -0.129. The highest BCUT2D eigenvalue weighted by Gasteiger charge is 2.43. The third-order valence-electron chi connectivity index (χ3n) is 4.86. The minimum atomic E-state index is 0.0935. The van der Waals surface area contributed by atoms with Crippen molar-refractivity contribution in [2.75, 3.05) is 19.6 Å². The van der Waals surface area contributed by atoms with E-state index in [-0.39, 0.29) is 12.5 Å². The Labute approximate surface area is 119 Å². The molecule has 0 spiro atoms. The van der Waals surface area contributed by atoms with E-state index in [2.05, 4.69) is 16.0 Å². The van der Waals surface area contributed by atoms with Gasteiger partial charge in [0, 0.05) is 24.5 Å². The number of hydrogen-bond acceptors (Lipinski definition) is 4. The summed E-state index contributed by atoms with van der Waals surface area (Å²) in [5.74, 6) is 2.03. The van der Waals surface area contributed by atoms with E-state index >= 15 is 0 Å². The summed E-state index contributed by atoms with van der Waals surface area (Å²) in [6, 6.07) is 2.07. The molecule has 3 atom stereocenters. The number of amides is 1. The maximum atomic E-state index is 11.7. The highest BCUT2D eigenvalue weighted by molar-refractivity contribution is 5.78. The zero-order valence-corrected chi connectivity index (χ0v) is 12.0. The molecule has 1 aromatic heterocycles. The fourth-order valence-corrected chi connectivity index (χ4v) is 3.85. The molecule has 5 nitrogen and oxygen atoms in total. The first-order chi connectivity index (χ1) is 9.67. The second-order valence-electron chi connectivity index (χ2n) is 6.12. The lowest BCUT2D eigenvalue weighted by atomic mass is 9.89. The number of aryl methyl sites for hydroxylation is 1. The van der Waals surface area contributed by atoms with Crippen LogP contribution in [-0.4, -0.2) is 40.4 Å². The van der Waals surface area contributed by atoms with Gasteiger partial charge < -0.3 is 10.6 Å². The number of fused-ring (bicyclic) bond motifs is 1. The molecule has 1 aliphatic carbocycles. The molecule has 1 aromatic rings. The third-order valence-corrected chi connectivity index (χ3v) is 4.86. The molecular formula is C15H22N4O. The van der Waals surface area contributed by atoms with Crippen LogP contribution in [0.5, 0.6) is 0 Å². The van der Waals surface area contributed by atoms with Gasteiger partial charge in [-0.1, -0.05) is 0 Å². The van der Waals surface area contributed by atoms with Crippen LogP contribution in [0.1, 0.15) is 24.2 Å². The van der Waals surface area contributed by atoms with Crippen LogP contribution in [0, 0.1) is 24.7 Å². The molecule has 0 unspecified atom stereocenters. The number of hydrogen-bond donors (Lipinski definition) is 1. The van der Waals surface area contributed by atoms with Crippen molar-refractivity contribution in [2.45, 2.75) is 26.2 Å². The fraction of sp³-hybridized carbons (Fsp3) is 0.667. The first-order valence-corrected chi connectivity index (χ1v) is 7.42. The summed E-state index contributed by atoms with van der Waals surface area (Å²) in [4.78, 5) is 22.2. The van der Waals surface area contributed by atoms with Gasteiger partial charge in [-0.2, -0.15) is 0 Å². The largest absolute Gasteiger partial charge is 0.341 e. The predicted molar refractivity (Wildman–Crippen MR) is 75.8 cm³/mol. The number of aromatic nitrogens is 2. The first kappa shape index (κ1) is 13.5. The Morgan fingerprint density at radius 2 is 2.25 bits per heavy atom. The smallest absolute Gasteiger partial charge is 0.236 e. The minimum absolute atomic E-state index is 0.0935. The molecule has 2 heterocycles. The van der Waals surface area contributed by atoms with Gasteiger partial charge in [0.05, 0.1) is 6.54 Å². The lowest BCUT2D eigenvalue weighted by Crippen LogP contribution is -2.35. The molecule has 108 valence electrons. The molecule has 0 aromatic carbocycles. The number of nitrogens with zero attached hydrogens (tertiary/aromatic N) is 3. The van der Waals surface area contributed by atoms with Crippen LogP contribution in [0.2, 0.25) is 0 Å². The Hall–Kier alpha value is -1.49. The van der Waals surface area contributed by atoms with Gasteiger partial charge in [0.15, 0.2) is 0 Å². The van der Waals surface area contributed by atoms with Gasteiger partial charge in [0.2, 0.25) is 5.91 Å². The average molecular weight is 274 g/mol. The standard InChI is InChI=1S/C15H22N4O/c1-10-4-13(18-9-17-10)5-11-2-3-12-7-19(8-14(11)12)15(20)6-16/h4,9,11-12,14H,2-3,5-8,16H2,1H3/t11-,12-,14-/m1/s1. The van der Waals surface area contributed by atoms with Gasteiger partial charge in [0.25, 0.3) is 0 Å². The molecule has 0 bridgehead atoms. The predicted octanol–water partition coefficient (Wildman–Crippen LogP) is 0.771. The minimum Gasteiger partial charge on any atom is -0.341 e. The Kier molecular flexibility index (Phi) is 3.70. The SMILES string of the molecule is Cc1cc(C[C@H]2CC[C@@H]3CN(C(=O)CN)C[C@H]23)ncn1. The summed E-state index contributed by atoms with van der Waals surface area (Å²) in [6.45, 7) is 3.92. The summed E-state index contributed by atoms with van der Waals surface area (Å²) in [5.41, 5.74) is 7.62. The van der Waals surface area contributed by atoms with E-state index in [0.717, 1.165) is 30.9 Å². The Morgan fingerprint density at radius 3 is 3.00 bits per heavy atom. The molecule has 5 heteroatoms. The summed E-state index contributed by atoms with van der Waals surface area (Å²) in [7, 11) is 0. The molecule has 2 fully saturated rings. The zero-order chi connectivity index (χ0) is 14.1. The number of likely N-dealkylation sites (tertiary alicyclic amines) is 1. The van der Waals surface area contributed by atoms with Crippen molar-refractivity contribution in [1.29, 1.82) is 0 Å². The molecule has 2 aliphatic rings. The van der Waals surface area contributed by atoms with Gasteiger partial charge in [-0.15, -0.1) is 0 Å². The molecule has 1 amide bonds. The first-order valence-electron chi connectivity index (χ1n) is 7.42. The van der Waals surface area contributed by atoms with E-state index in [1.165, 1.54) is 12.8 Å². The molecule has 1 aliphatic heterocycles. The average Bonchev–Trinajstić information content (AvgIpc) is 3.00. The lowest BCUT2D eigenvalue weighted by Gasteiger charge is -2.20. The van der Waals surface area contributed by atoms with E-state index < -0.39 is 0 Å². The molecule has 3 rings (SSSR count). The number of nitrogens with two attached hydrogens (primary N) is 1. The van der Waals surface area contributed by atoms with Crippen LogP contribution in [0.4, 0.5) is 0 Å². The van der Waals surface area contributed by atoms with Crippen LogP contribution >= 0.6 is 0 Å². The number of carbonyl (C=O) groups is 1. The van der Waals surface area contributed by atoms with Crippen molar-refractivity contribution in [3.05, 3.63) is 23.8 Å². The van der Waals surface area contributed by atoms with E-state index in [1.54, 1.807) is 6.33 Å². The number of rotatable bonds is 3. The fourth-order valence-electron chi connectivity index (χ4n) is 3.85. The highest BCUT2D eigenvalue weighted by Crippen LogP contribution is 2.43. The Balaban J connectivity index is 1.66. The van der Waals surface area contributed by atoms with Crippen LogP contribution in [0.25, 0.3) is 0 Å². The van der Waals surface area contributed by atoms with E-state index in [4.69, 9.17) is 5.73 Å². The van der Waals surface area contributed by atoms with Crippen molar-refractivity contribution in [3.63, 3.8) is 0 Å². The van der Waals surface area contributed by atoms with Gasteiger partial charge in [-0.25, -0.2) is 9.97 Å². The highest BCUT2D eigenvalue weighted by atomic mass is 16.2. The van der Waals surface area contributed by atoms with Crippen molar-refractivity contribution in [2.24, 2.45) is 23.5 Å². The second kappa shape index (κ2) is 5.48. The van der Waals surface area contributed by atoms with Gasteiger partial charge in [-0.05, 0) is 50.0 Å². The molecule has 1 saturated carbocycles. The topological polar surface area (TPSA) is 72.1 Å². The van der Waals surface area contributed by atoms with E-state index in [9.17, 15) is 4.79 Å². The molecule has 2 N–H and O–H groups in total. The van der Waals surface area contributed by atoms with Crippen molar-refractivity contribution >= 4 is 5.91 Å². The summed E-state index contributed by atoms with van der Waals surface area (Å²) in [5, 5.41) is 0. The van der Waals surface area contributed by atoms with E-state index in [1.807, 2.05) is 11.8 Å². The third kappa shape index (κ3) is 2.54. The Bertz CT molecular complexity index is 504. The van der Waals surface area contributed by atoms with Gasteiger partial charge in [-0.3, -0.25) is 4.79 Å². The maximum Gasteiger partial charge on any atom is 0.236 e. The van der Waals surface area contributed by atoms with Crippen LogP contribution in [-0.2, 0) is 11.2 Å². The van der Waals surface area contributed by atoms with Crippen LogP contribution in [0.3, 0.4) is 0 Å². The zero-order valence-electron chi connectivity index (χ0n) is 12.0. The Morgan fingerprint density at radius 1 is 1.40 bits per heavy atom. The van der Waals surface area contributed by atoms with Crippen molar-refractivity contribution < 1.29 is 4.79 Å². The van der Waals surface area contributed by atoms with E-state index in [0.29, 0.717) is 17.8 Å². The van der Waals surface area contributed by atoms with Crippen LogP contribution in [0.15, 0.2) is 12.4 Å². The maximum absolute atomic E-state index is 11.7. The summed E-state index contributed by atoms with van der Waals surface area (Å²) < 4.78 is 0. The van der Waals surface area contributed by atoms with Crippen LogP contribution < -0.4 is 5.73 Å². The molecular weight excluding hydrogens is 252 g/mol. The van der Waals surface area contributed by atoms with Gasteiger partial charge >= 0.3 is 0 Å². The summed E-state index contributed by atoms with van der Waals surface area (Å²) >= 11 is 0. The molecule has 1 saturated heterocycles.